The van der Waals surface area contributed by atoms with Gasteiger partial charge >= 0.3 is 0 Å². The number of nitrogens with zero attached hydrogens (tertiary/aromatic N) is 2. The number of hydrogen-bond donors (Lipinski definition) is 1. The summed E-state index contributed by atoms with van der Waals surface area (Å²) in [6, 6.07) is 9.99. The molecule has 0 bridgehead atoms. The number of rotatable bonds is 5. The van der Waals surface area contributed by atoms with E-state index in [1.54, 1.807) is 0 Å². The lowest BCUT2D eigenvalue weighted by molar-refractivity contribution is 0.183. The zero-order valence-corrected chi connectivity index (χ0v) is 14.1. The van der Waals surface area contributed by atoms with Crippen molar-refractivity contribution in [1.29, 1.82) is 0 Å². The average molecular weight is 289 g/mol. The first-order chi connectivity index (χ1) is 10.1. The first-order valence-electron chi connectivity index (χ1n) is 8.32. The van der Waals surface area contributed by atoms with Crippen molar-refractivity contribution >= 4 is 0 Å². The summed E-state index contributed by atoms with van der Waals surface area (Å²) in [4.78, 5) is 5.11. The van der Waals surface area contributed by atoms with Crippen LogP contribution in [0.15, 0.2) is 24.3 Å². The molecule has 1 saturated heterocycles. The molecule has 0 aliphatic carbocycles. The smallest absolute Gasteiger partial charge is 0.0449 e. The van der Waals surface area contributed by atoms with Crippen LogP contribution in [0.25, 0.3) is 0 Å². The van der Waals surface area contributed by atoms with E-state index in [2.05, 4.69) is 67.2 Å². The molecule has 118 valence electrons. The molecular weight excluding hydrogens is 258 g/mol. The number of likely N-dealkylation sites (N-methyl/N-ethyl adjacent to an activating group) is 2. The Labute approximate surface area is 130 Å². The molecule has 1 aromatic carbocycles. The molecule has 3 nitrogen and oxygen atoms in total. The molecule has 21 heavy (non-hydrogen) atoms. The molecule has 1 aromatic rings. The summed E-state index contributed by atoms with van der Waals surface area (Å²) in [7, 11) is 2.24. The molecule has 0 amide bonds. The van der Waals surface area contributed by atoms with E-state index in [1.807, 2.05) is 0 Å². The summed E-state index contributed by atoms with van der Waals surface area (Å²) < 4.78 is 0. The number of nitrogens with one attached hydrogen (secondary N) is 1. The maximum absolute atomic E-state index is 3.67. The van der Waals surface area contributed by atoms with Gasteiger partial charge in [0.25, 0.3) is 0 Å². The predicted molar refractivity (Wildman–Crippen MR) is 90.7 cm³/mol. The Hall–Kier alpha value is -0.900. The minimum absolute atomic E-state index is 0.431. The molecule has 1 fully saturated rings. The molecule has 1 aliphatic heterocycles. The van der Waals surface area contributed by atoms with E-state index in [4.69, 9.17) is 0 Å². The zero-order chi connectivity index (χ0) is 15.2. The molecule has 2 rings (SSSR count). The fraction of sp³-hybridized carbons (Fsp3) is 0.667. The number of aryl methyl sites for hydroxylation is 1. The third kappa shape index (κ3) is 4.80. The monoisotopic (exact) mass is 289 g/mol. The second kappa shape index (κ2) is 7.92. The Morgan fingerprint density at radius 1 is 1.33 bits per heavy atom. The van der Waals surface area contributed by atoms with Gasteiger partial charge in [0, 0.05) is 25.2 Å². The van der Waals surface area contributed by atoms with Gasteiger partial charge in [-0.05, 0) is 52.5 Å². The fourth-order valence-corrected chi connectivity index (χ4v) is 3.35. The van der Waals surface area contributed by atoms with Crippen molar-refractivity contribution in [1.82, 2.24) is 15.1 Å². The molecule has 0 saturated carbocycles. The summed E-state index contributed by atoms with van der Waals surface area (Å²) in [5, 5.41) is 3.67. The van der Waals surface area contributed by atoms with E-state index in [1.165, 1.54) is 37.2 Å². The molecule has 1 aliphatic rings. The molecule has 2 atom stereocenters. The predicted octanol–water partition coefficient (Wildman–Crippen LogP) is 2.67. The van der Waals surface area contributed by atoms with E-state index in [0.29, 0.717) is 12.1 Å². The van der Waals surface area contributed by atoms with Crippen LogP contribution in [0.5, 0.6) is 0 Å². The van der Waals surface area contributed by atoms with Crippen molar-refractivity contribution in [2.24, 2.45) is 0 Å². The van der Waals surface area contributed by atoms with Gasteiger partial charge in [-0.25, -0.2) is 0 Å². The van der Waals surface area contributed by atoms with E-state index < -0.39 is 0 Å². The third-order valence-electron chi connectivity index (χ3n) is 4.50. The Kier molecular flexibility index (Phi) is 6.22. The van der Waals surface area contributed by atoms with E-state index in [0.717, 1.165) is 13.1 Å². The van der Waals surface area contributed by atoms with Gasteiger partial charge in [0.15, 0.2) is 0 Å². The summed E-state index contributed by atoms with van der Waals surface area (Å²) in [5.74, 6) is 0. The Bertz CT molecular complexity index is 432. The number of benzene rings is 1. The van der Waals surface area contributed by atoms with Crippen LogP contribution in [-0.4, -0.2) is 55.6 Å². The maximum Gasteiger partial charge on any atom is 0.0449 e. The highest BCUT2D eigenvalue weighted by molar-refractivity contribution is 5.25. The largest absolute Gasteiger partial charge is 0.309 e. The van der Waals surface area contributed by atoms with Crippen molar-refractivity contribution in [2.45, 2.75) is 39.3 Å². The van der Waals surface area contributed by atoms with Crippen molar-refractivity contribution in [3.63, 3.8) is 0 Å². The normalized spacial score (nSPS) is 23.0. The van der Waals surface area contributed by atoms with Crippen molar-refractivity contribution in [3.8, 4) is 0 Å². The van der Waals surface area contributed by atoms with Crippen LogP contribution < -0.4 is 5.32 Å². The highest BCUT2D eigenvalue weighted by atomic mass is 15.2. The molecule has 0 spiro atoms. The van der Waals surface area contributed by atoms with E-state index >= 15 is 0 Å². The first-order valence-corrected chi connectivity index (χ1v) is 8.32. The van der Waals surface area contributed by atoms with E-state index in [9.17, 15) is 0 Å². The lowest BCUT2D eigenvalue weighted by Gasteiger charge is -2.32. The van der Waals surface area contributed by atoms with Gasteiger partial charge in [0.1, 0.15) is 0 Å². The van der Waals surface area contributed by atoms with Gasteiger partial charge in [-0.2, -0.15) is 0 Å². The fourth-order valence-electron chi connectivity index (χ4n) is 3.35. The average Bonchev–Trinajstić information content (AvgIpc) is 2.59. The van der Waals surface area contributed by atoms with Crippen LogP contribution in [-0.2, 0) is 0 Å². The van der Waals surface area contributed by atoms with Crippen LogP contribution in [0, 0.1) is 6.92 Å². The molecule has 0 radical (unpaired) electrons. The number of hydrogen-bond acceptors (Lipinski definition) is 3. The standard InChI is InChI=1S/C18H31N3/c1-5-19-18(17-9-6-8-15(2)12-17)14-21-11-7-10-20(4)13-16(21)3/h6,8-9,12,16,18-19H,5,7,10-11,13-14H2,1-4H3. The summed E-state index contributed by atoms with van der Waals surface area (Å²) in [6.45, 7) is 12.5. The second-order valence-corrected chi connectivity index (χ2v) is 6.48. The Balaban J connectivity index is 2.08. The highest BCUT2D eigenvalue weighted by Gasteiger charge is 2.23. The minimum atomic E-state index is 0.431. The quantitative estimate of drug-likeness (QED) is 0.899. The van der Waals surface area contributed by atoms with Gasteiger partial charge in [-0.3, -0.25) is 4.90 Å². The molecular formula is C18H31N3. The lowest BCUT2D eigenvalue weighted by Crippen LogP contribution is -2.42. The highest BCUT2D eigenvalue weighted by Crippen LogP contribution is 2.19. The summed E-state index contributed by atoms with van der Waals surface area (Å²) in [6.07, 6.45) is 1.27. The minimum Gasteiger partial charge on any atom is -0.309 e. The van der Waals surface area contributed by atoms with Crippen LogP contribution >= 0.6 is 0 Å². The SMILES string of the molecule is CCNC(CN1CCCN(C)CC1C)c1cccc(C)c1. The molecule has 1 heterocycles. The first kappa shape index (κ1) is 16.5. The summed E-state index contributed by atoms with van der Waals surface area (Å²) >= 11 is 0. The van der Waals surface area contributed by atoms with Gasteiger partial charge < -0.3 is 10.2 Å². The zero-order valence-electron chi connectivity index (χ0n) is 14.1. The van der Waals surface area contributed by atoms with Crippen LogP contribution in [0.3, 0.4) is 0 Å². The molecule has 2 unspecified atom stereocenters. The second-order valence-electron chi connectivity index (χ2n) is 6.48. The Morgan fingerprint density at radius 2 is 2.14 bits per heavy atom. The van der Waals surface area contributed by atoms with Crippen molar-refractivity contribution in [3.05, 3.63) is 35.4 Å². The lowest BCUT2D eigenvalue weighted by atomic mass is 10.0. The van der Waals surface area contributed by atoms with Crippen LogP contribution in [0.2, 0.25) is 0 Å². The molecule has 1 N–H and O–H groups in total. The van der Waals surface area contributed by atoms with E-state index in [-0.39, 0.29) is 0 Å². The topological polar surface area (TPSA) is 18.5 Å². The van der Waals surface area contributed by atoms with Gasteiger partial charge in [-0.15, -0.1) is 0 Å². The van der Waals surface area contributed by atoms with Crippen molar-refractivity contribution in [2.75, 3.05) is 39.8 Å². The summed E-state index contributed by atoms with van der Waals surface area (Å²) in [5.41, 5.74) is 2.76. The van der Waals surface area contributed by atoms with Crippen molar-refractivity contribution < 1.29 is 0 Å². The molecule has 0 aromatic heterocycles. The van der Waals surface area contributed by atoms with Gasteiger partial charge in [0.2, 0.25) is 0 Å². The maximum atomic E-state index is 3.67. The van der Waals surface area contributed by atoms with Gasteiger partial charge in [0.05, 0.1) is 0 Å². The van der Waals surface area contributed by atoms with Gasteiger partial charge in [-0.1, -0.05) is 36.8 Å². The molecule has 3 heteroatoms. The third-order valence-corrected chi connectivity index (χ3v) is 4.50. The van der Waals surface area contributed by atoms with Crippen LogP contribution in [0.1, 0.15) is 37.4 Å². The van der Waals surface area contributed by atoms with Crippen LogP contribution in [0.4, 0.5) is 0 Å². The Morgan fingerprint density at radius 3 is 2.86 bits per heavy atom.